The molecule has 3 rings (SSSR count). The van der Waals surface area contributed by atoms with Crippen molar-refractivity contribution in [3.63, 3.8) is 0 Å². The van der Waals surface area contributed by atoms with Crippen LogP contribution >= 0.6 is 0 Å². The fourth-order valence-electron chi connectivity index (χ4n) is 3.55. The summed E-state index contributed by atoms with van der Waals surface area (Å²) in [6, 6.07) is 18.7. The van der Waals surface area contributed by atoms with Crippen LogP contribution in [-0.4, -0.2) is 55.3 Å². The van der Waals surface area contributed by atoms with Crippen molar-refractivity contribution in [2.45, 2.75) is 44.7 Å². The number of hydrogen-bond donors (Lipinski definition) is 1. The third-order valence-corrected chi connectivity index (χ3v) is 5.35. The maximum absolute atomic E-state index is 12.4. The summed E-state index contributed by atoms with van der Waals surface area (Å²) in [6.45, 7) is 3.52. The molecule has 0 saturated carbocycles. The van der Waals surface area contributed by atoms with Crippen LogP contribution in [0.2, 0.25) is 0 Å². The number of ether oxygens (including phenoxy) is 3. The van der Waals surface area contributed by atoms with Gasteiger partial charge in [-0.3, -0.25) is 10.1 Å². The van der Waals surface area contributed by atoms with Crippen molar-refractivity contribution in [2.75, 3.05) is 20.2 Å². The quantitative estimate of drug-likeness (QED) is 0.621. The van der Waals surface area contributed by atoms with E-state index < -0.39 is 12.1 Å². The lowest BCUT2D eigenvalue weighted by atomic mass is 10.1. The van der Waals surface area contributed by atoms with E-state index in [9.17, 15) is 9.59 Å². The molecular formula is C24H30N2O5. The van der Waals surface area contributed by atoms with Crippen LogP contribution < -0.4 is 5.32 Å². The fourth-order valence-corrected chi connectivity index (χ4v) is 3.55. The largest absolute Gasteiger partial charge is 0.468 e. The molecule has 2 aromatic rings. The first-order valence-electron chi connectivity index (χ1n) is 10.5. The van der Waals surface area contributed by atoms with Gasteiger partial charge in [-0.1, -0.05) is 60.7 Å². The topological polar surface area (TPSA) is 77.1 Å². The lowest BCUT2D eigenvalue weighted by Crippen LogP contribution is -2.51. The van der Waals surface area contributed by atoms with Gasteiger partial charge in [0.1, 0.15) is 12.6 Å². The molecule has 31 heavy (non-hydrogen) atoms. The third kappa shape index (κ3) is 6.80. The molecular weight excluding hydrogens is 396 g/mol. The van der Waals surface area contributed by atoms with E-state index in [0.717, 1.165) is 17.5 Å². The van der Waals surface area contributed by atoms with Gasteiger partial charge in [0, 0.05) is 19.1 Å². The Morgan fingerprint density at radius 2 is 1.65 bits per heavy atom. The lowest BCUT2D eigenvalue weighted by Gasteiger charge is -2.26. The minimum absolute atomic E-state index is 0.0452. The molecule has 2 aromatic carbocycles. The molecule has 0 unspecified atom stereocenters. The minimum Gasteiger partial charge on any atom is -0.468 e. The number of likely N-dealkylation sites (tertiary alicyclic amines) is 1. The molecule has 0 radical (unpaired) electrons. The first kappa shape index (κ1) is 22.8. The first-order valence-corrected chi connectivity index (χ1v) is 10.5. The summed E-state index contributed by atoms with van der Waals surface area (Å²) in [5.74, 6) is -0.384. The van der Waals surface area contributed by atoms with Crippen molar-refractivity contribution in [2.24, 2.45) is 0 Å². The second kappa shape index (κ2) is 11.5. The SMILES string of the molecule is COC(=O)[C@@H](N[C@H]1CCN(C(=O)OCc2ccccc2)C1)[C@@H](C)OCc1ccccc1. The average molecular weight is 427 g/mol. The zero-order valence-corrected chi connectivity index (χ0v) is 18.0. The summed E-state index contributed by atoms with van der Waals surface area (Å²) in [7, 11) is 1.36. The van der Waals surface area contributed by atoms with Gasteiger partial charge in [-0.15, -0.1) is 0 Å². The van der Waals surface area contributed by atoms with Gasteiger partial charge in [0.25, 0.3) is 0 Å². The monoisotopic (exact) mass is 426 g/mol. The molecule has 1 N–H and O–H groups in total. The lowest BCUT2D eigenvalue weighted by molar-refractivity contribution is -0.147. The summed E-state index contributed by atoms with van der Waals surface area (Å²) >= 11 is 0. The van der Waals surface area contributed by atoms with Crippen molar-refractivity contribution in [3.8, 4) is 0 Å². The van der Waals surface area contributed by atoms with Gasteiger partial charge in [-0.2, -0.15) is 0 Å². The minimum atomic E-state index is -0.626. The highest BCUT2D eigenvalue weighted by Gasteiger charge is 2.34. The van der Waals surface area contributed by atoms with E-state index in [4.69, 9.17) is 14.2 Å². The molecule has 166 valence electrons. The number of carbonyl (C=O) groups is 2. The van der Waals surface area contributed by atoms with Crippen LogP contribution in [0.15, 0.2) is 60.7 Å². The van der Waals surface area contributed by atoms with E-state index in [1.54, 1.807) is 4.90 Å². The molecule has 1 heterocycles. The molecule has 1 aliphatic rings. The highest BCUT2D eigenvalue weighted by Crippen LogP contribution is 2.15. The van der Waals surface area contributed by atoms with Gasteiger partial charge in [0.2, 0.25) is 0 Å². The summed E-state index contributed by atoms with van der Waals surface area (Å²) in [5.41, 5.74) is 1.98. The number of carbonyl (C=O) groups excluding carboxylic acids is 2. The van der Waals surface area contributed by atoms with E-state index in [-0.39, 0.29) is 24.7 Å². The van der Waals surface area contributed by atoms with Crippen molar-refractivity contribution >= 4 is 12.1 Å². The van der Waals surface area contributed by atoms with Gasteiger partial charge >= 0.3 is 12.1 Å². The van der Waals surface area contributed by atoms with E-state index in [0.29, 0.717) is 19.7 Å². The predicted octanol–water partition coefficient (Wildman–Crippen LogP) is 3.13. The second-order valence-corrected chi connectivity index (χ2v) is 7.64. The number of rotatable bonds is 9. The van der Waals surface area contributed by atoms with E-state index in [2.05, 4.69) is 5.32 Å². The molecule has 1 aliphatic heterocycles. The molecule has 1 amide bonds. The Labute approximate surface area is 183 Å². The Bertz CT molecular complexity index is 830. The number of methoxy groups -OCH3 is 1. The molecule has 0 spiro atoms. The molecule has 0 bridgehead atoms. The van der Waals surface area contributed by atoms with Crippen molar-refractivity contribution in [1.29, 1.82) is 0 Å². The normalized spacial score (nSPS) is 17.7. The molecule has 7 nitrogen and oxygen atoms in total. The molecule has 0 aliphatic carbocycles. The Balaban J connectivity index is 1.49. The summed E-state index contributed by atoms with van der Waals surface area (Å²) in [6.07, 6.45) is -0.0258. The Morgan fingerprint density at radius 1 is 1.03 bits per heavy atom. The Kier molecular flexibility index (Phi) is 8.44. The van der Waals surface area contributed by atoms with E-state index in [1.165, 1.54) is 7.11 Å². The van der Waals surface area contributed by atoms with Crippen molar-refractivity contribution < 1.29 is 23.8 Å². The number of amides is 1. The van der Waals surface area contributed by atoms with Crippen LogP contribution in [0.5, 0.6) is 0 Å². The maximum atomic E-state index is 12.4. The average Bonchev–Trinajstić information content (AvgIpc) is 3.29. The number of hydrogen-bond acceptors (Lipinski definition) is 6. The molecule has 3 atom stereocenters. The number of nitrogens with zero attached hydrogens (tertiary/aromatic N) is 1. The predicted molar refractivity (Wildman–Crippen MR) is 116 cm³/mol. The highest BCUT2D eigenvalue weighted by molar-refractivity contribution is 5.76. The van der Waals surface area contributed by atoms with Gasteiger partial charge in [-0.05, 0) is 24.5 Å². The second-order valence-electron chi connectivity index (χ2n) is 7.64. The van der Waals surface area contributed by atoms with Crippen LogP contribution in [-0.2, 0) is 32.2 Å². The molecule has 7 heteroatoms. The molecule has 1 saturated heterocycles. The Hall–Kier alpha value is -2.90. The number of nitrogens with one attached hydrogen (secondary N) is 1. The fraction of sp³-hybridized carbons (Fsp3) is 0.417. The van der Waals surface area contributed by atoms with Crippen molar-refractivity contribution in [1.82, 2.24) is 10.2 Å². The van der Waals surface area contributed by atoms with Gasteiger partial charge in [-0.25, -0.2) is 4.79 Å². The molecule has 0 aromatic heterocycles. The standard InChI is InChI=1S/C24H30N2O5/c1-18(30-16-19-9-5-3-6-10-19)22(23(27)29-2)25-21-13-14-26(15-21)24(28)31-17-20-11-7-4-8-12-20/h3-12,18,21-22,25H,13-17H2,1-2H3/t18-,21+,22+/m1/s1. The van der Waals surface area contributed by atoms with Crippen LogP contribution in [0.1, 0.15) is 24.5 Å². The first-order chi connectivity index (χ1) is 15.1. The molecule has 1 fully saturated rings. The van der Waals surface area contributed by atoms with E-state index >= 15 is 0 Å². The smallest absolute Gasteiger partial charge is 0.410 e. The maximum Gasteiger partial charge on any atom is 0.410 e. The van der Waals surface area contributed by atoms with Gasteiger partial charge in [0.05, 0.1) is 19.8 Å². The van der Waals surface area contributed by atoms with Crippen LogP contribution in [0.25, 0.3) is 0 Å². The van der Waals surface area contributed by atoms with Crippen LogP contribution in [0.3, 0.4) is 0 Å². The number of esters is 1. The van der Waals surface area contributed by atoms with Gasteiger partial charge < -0.3 is 19.1 Å². The Morgan fingerprint density at radius 3 is 2.26 bits per heavy atom. The summed E-state index contributed by atoms with van der Waals surface area (Å²) in [4.78, 5) is 26.4. The zero-order chi connectivity index (χ0) is 22.1. The van der Waals surface area contributed by atoms with Crippen LogP contribution in [0, 0.1) is 0 Å². The van der Waals surface area contributed by atoms with Crippen molar-refractivity contribution in [3.05, 3.63) is 71.8 Å². The zero-order valence-electron chi connectivity index (χ0n) is 18.0. The van der Waals surface area contributed by atoms with Crippen LogP contribution in [0.4, 0.5) is 4.79 Å². The third-order valence-electron chi connectivity index (χ3n) is 5.35. The highest BCUT2D eigenvalue weighted by atomic mass is 16.6. The van der Waals surface area contributed by atoms with E-state index in [1.807, 2.05) is 67.6 Å². The summed E-state index contributed by atoms with van der Waals surface area (Å²) < 4.78 is 16.3. The summed E-state index contributed by atoms with van der Waals surface area (Å²) in [5, 5.41) is 3.31. The van der Waals surface area contributed by atoms with Gasteiger partial charge in [0.15, 0.2) is 0 Å². The number of benzene rings is 2.